The molecule has 0 radical (unpaired) electrons. The lowest BCUT2D eigenvalue weighted by molar-refractivity contribution is 0.112. The molecule has 0 atom stereocenters. The molecule has 1 aromatic carbocycles. The maximum absolute atomic E-state index is 11.9. The van der Waals surface area contributed by atoms with E-state index in [4.69, 9.17) is 10.7 Å². The first-order valence-electron chi connectivity index (χ1n) is 10.1. The molecule has 0 bridgehead atoms. The standard InChI is InChI=1S/C22H21N5O3S/c1-13-2-3-19-15(8-13)9-16(10-24-19)17-11-25-27-21(23)18(12-28)20(26-22(17)27)14-4-6-31(29,30)7-5-14/h2-3,8-12,14H,4-7,23H2,1H3. The fourth-order valence-electron chi connectivity index (χ4n) is 4.24. The third kappa shape index (κ3) is 3.34. The monoisotopic (exact) mass is 435 g/mol. The third-order valence-corrected chi connectivity index (χ3v) is 7.67. The third-order valence-electron chi connectivity index (χ3n) is 5.96. The zero-order valence-corrected chi connectivity index (χ0v) is 17.8. The van der Waals surface area contributed by atoms with Crippen molar-refractivity contribution in [1.29, 1.82) is 0 Å². The van der Waals surface area contributed by atoms with Crippen LogP contribution in [0.1, 0.15) is 40.4 Å². The van der Waals surface area contributed by atoms with Gasteiger partial charge in [0.1, 0.15) is 15.7 Å². The fourth-order valence-corrected chi connectivity index (χ4v) is 5.73. The van der Waals surface area contributed by atoms with Crippen LogP contribution in [0.5, 0.6) is 0 Å². The Balaban J connectivity index is 1.67. The number of rotatable bonds is 3. The van der Waals surface area contributed by atoms with Crippen molar-refractivity contribution in [1.82, 2.24) is 19.6 Å². The van der Waals surface area contributed by atoms with E-state index in [0.29, 0.717) is 30.5 Å². The number of anilines is 1. The van der Waals surface area contributed by atoms with E-state index in [1.807, 2.05) is 25.1 Å². The summed E-state index contributed by atoms with van der Waals surface area (Å²) in [4.78, 5) is 21.2. The Morgan fingerprint density at radius 1 is 1.16 bits per heavy atom. The Labute approximate surface area is 179 Å². The van der Waals surface area contributed by atoms with Crippen LogP contribution in [0.4, 0.5) is 5.82 Å². The second-order valence-electron chi connectivity index (χ2n) is 8.05. The number of aromatic nitrogens is 4. The molecule has 4 aromatic rings. The number of nitrogen functional groups attached to an aromatic ring is 1. The predicted octanol–water partition coefficient (Wildman–Crippen LogP) is 2.94. The van der Waals surface area contributed by atoms with Crippen LogP contribution in [0, 0.1) is 6.92 Å². The van der Waals surface area contributed by atoms with Gasteiger partial charge in [-0.05, 0) is 38.0 Å². The van der Waals surface area contributed by atoms with Crippen LogP contribution in [0.25, 0.3) is 27.7 Å². The molecule has 0 spiro atoms. The first-order valence-corrected chi connectivity index (χ1v) is 11.9. The van der Waals surface area contributed by atoms with E-state index in [0.717, 1.165) is 27.6 Å². The second-order valence-corrected chi connectivity index (χ2v) is 10.4. The molecule has 3 aromatic heterocycles. The summed E-state index contributed by atoms with van der Waals surface area (Å²) < 4.78 is 25.2. The van der Waals surface area contributed by atoms with Gasteiger partial charge >= 0.3 is 0 Å². The number of benzene rings is 1. The summed E-state index contributed by atoms with van der Waals surface area (Å²) in [6.45, 7) is 2.03. The maximum Gasteiger partial charge on any atom is 0.165 e. The lowest BCUT2D eigenvalue weighted by atomic mass is 9.95. The van der Waals surface area contributed by atoms with Crippen molar-refractivity contribution in [2.75, 3.05) is 17.2 Å². The van der Waals surface area contributed by atoms with Crippen LogP contribution in [-0.2, 0) is 9.84 Å². The van der Waals surface area contributed by atoms with E-state index < -0.39 is 9.84 Å². The van der Waals surface area contributed by atoms with Gasteiger partial charge in [0.15, 0.2) is 11.9 Å². The van der Waals surface area contributed by atoms with Crippen LogP contribution in [0.15, 0.2) is 36.7 Å². The number of aryl methyl sites for hydroxylation is 1. The molecule has 8 nitrogen and oxygen atoms in total. The van der Waals surface area contributed by atoms with E-state index in [-0.39, 0.29) is 28.8 Å². The molecule has 5 rings (SSSR count). The lowest BCUT2D eigenvalue weighted by Crippen LogP contribution is -2.24. The molecule has 0 amide bonds. The molecule has 0 saturated carbocycles. The molecule has 4 heterocycles. The van der Waals surface area contributed by atoms with Gasteiger partial charge in [-0.2, -0.15) is 9.61 Å². The highest BCUT2D eigenvalue weighted by atomic mass is 32.2. The quantitative estimate of drug-likeness (QED) is 0.491. The summed E-state index contributed by atoms with van der Waals surface area (Å²) in [7, 11) is -3.03. The summed E-state index contributed by atoms with van der Waals surface area (Å²) in [5, 5.41) is 5.36. The number of hydrogen-bond acceptors (Lipinski definition) is 7. The maximum atomic E-state index is 11.9. The lowest BCUT2D eigenvalue weighted by Gasteiger charge is -2.23. The van der Waals surface area contributed by atoms with Crippen LogP contribution in [0.2, 0.25) is 0 Å². The first kappa shape index (κ1) is 19.6. The topological polar surface area (TPSA) is 120 Å². The number of nitrogens with zero attached hydrogens (tertiary/aromatic N) is 4. The SMILES string of the molecule is Cc1ccc2ncc(-c3cnn4c(N)c(C=O)c(C5CCS(=O)(=O)CC5)nc34)cc2c1. The smallest absolute Gasteiger partial charge is 0.165 e. The molecule has 0 aliphatic carbocycles. The van der Waals surface area contributed by atoms with Gasteiger partial charge in [-0.25, -0.2) is 13.4 Å². The predicted molar refractivity (Wildman–Crippen MR) is 119 cm³/mol. The van der Waals surface area contributed by atoms with Gasteiger partial charge in [-0.1, -0.05) is 11.6 Å². The zero-order chi connectivity index (χ0) is 21.8. The number of fused-ring (bicyclic) bond motifs is 2. The number of nitrogens with two attached hydrogens (primary N) is 1. The average molecular weight is 436 g/mol. The summed E-state index contributed by atoms with van der Waals surface area (Å²) in [5.74, 6) is 0.237. The Morgan fingerprint density at radius 3 is 2.68 bits per heavy atom. The zero-order valence-electron chi connectivity index (χ0n) is 16.9. The molecule has 2 N–H and O–H groups in total. The second kappa shape index (κ2) is 7.12. The van der Waals surface area contributed by atoms with Crippen molar-refractivity contribution in [2.45, 2.75) is 25.7 Å². The molecule has 9 heteroatoms. The van der Waals surface area contributed by atoms with Gasteiger partial charge in [-0.3, -0.25) is 9.78 Å². The molecule has 1 aliphatic rings. The van der Waals surface area contributed by atoms with Crippen molar-refractivity contribution in [3.05, 3.63) is 53.5 Å². The van der Waals surface area contributed by atoms with Crippen molar-refractivity contribution >= 4 is 38.5 Å². The van der Waals surface area contributed by atoms with Crippen molar-refractivity contribution < 1.29 is 13.2 Å². The number of carbonyl (C=O) groups excluding carboxylic acids is 1. The highest BCUT2D eigenvalue weighted by Crippen LogP contribution is 2.34. The van der Waals surface area contributed by atoms with E-state index in [1.54, 1.807) is 12.4 Å². The van der Waals surface area contributed by atoms with E-state index in [1.165, 1.54) is 4.52 Å². The minimum Gasteiger partial charge on any atom is -0.383 e. The molecule has 158 valence electrons. The van der Waals surface area contributed by atoms with Crippen molar-refractivity contribution in [3.63, 3.8) is 0 Å². The molecule has 1 fully saturated rings. The minimum atomic E-state index is -3.03. The summed E-state index contributed by atoms with van der Waals surface area (Å²) in [6, 6.07) is 8.10. The van der Waals surface area contributed by atoms with E-state index >= 15 is 0 Å². The van der Waals surface area contributed by atoms with Crippen LogP contribution < -0.4 is 5.73 Å². The Bertz CT molecular complexity index is 1450. The van der Waals surface area contributed by atoms with Gasteiger partial charge in [0.25, 0.3) is 0 Å². The summed E-state index contributed by atoms with van der Waals surface area (Å²) in [6.07, 6.45) is 4.97. The highest BCUT2D eigenvalue weighted by Gasteiger charge is 2.29. The Hall–Kier alpha value is -3.33. The first-order chi connectivity index (χ1) is 14.9. The van der Waals surface area contributed by atoms with Gasteiger partial charge in [0.2, 0.25) is 0 Å². The molecule has 1 saturated heterocycles. The van der Waals surface area contributed by atoms with Crippen LogP contribution >= 0.6 is 0 Å². The Morgan fingerprint density at radius 2 is 1.94 bits per heavy atom. The molecule has 1 aliphatic heterocycles. The minimum absolute atomic E-state index is 0.0861. The largest absolute Gasteiger partial charge is 0.383 e. The number of sulfone groups is 1. The van der Waals surface area contributed by atoms with E-state index in [9.17, 15) is 13.2 Å². The number of pyridine rings is 1. The molecule has 0 unspecified atom stereocenters. The number of carbonyl (C=O) groups is 1. The van der Waals surface area contributed by atoms with Gasteiger partial charge in [-0.15, -0.1) is 0 Å². The number of hydrogen-bond donors (Lipinski definition) is 1. The van der Waals surface area contributed by atoms with Gasteiger partial charge in [0.05, 0.1) is 34.5 Å². The normalized spacial score (nSPS) is 16.7. The molecular formula is C22H21N5O3S. The molecular weight excluding hydrogens is 414 g/mol. The highest BCUT2D eigenvalue weighted by molar-refractivity contribution is 7.91. The summed E-state index contributed by atoms with van der Waals surface area (Å²) >= 11 is 0. The van der Waals surface area contributed by atoms with Crippen molar-refractivity contribution in [2.24, 2.45) is 0 Å². The summed E-state index contributed by atoms with van der Waals surface area (Å²) in [5.41, 5.74) is 11.3. The molecule has 31 heavy (non-hydrogen) atoms. The van der Waals surface area contributed by atoms with Crippen LogP contribution in [0.3, 0.4) is 0 Å². The number of aldehydes is 1. The van der Waals surface area contributed by atoms with Crippen molar-refractivity contribution in [3.8, 4) is 11.1 Å². The van der Waals surface area contributed by atoms with Gasteiger partial charge < -0.3 is 5.73 Å². The van der Waals surface area contributed by atoms with E-state index in [2.05, 4.69) is 16.1 Å². The fraction of sp³-hybridized carbons (Fsp3) is 0.273. The Kier molecular flexibility index (Phi) is 4.51. The van der Waals surface area contributed by atoms with Crippen LogP contribution in [-0.4, -0.2) is 45.8 Å². The average Bonchev–Trinajstić information content (AvgIpc) is 3.17. The van der Waals surface area contributed by atoms with Gasteiger partial charge in [0, 0.05) is 28.6 Å².